The van der Waals surface area contributed by atoms with E-state index >= 15 is 0 Å². The molecule has 2 aromatic carbocycles. The molecule has 0 spiro atoms. The zero-order valence-corrected chi connectivity index (χ0v) is 13.9. The first kappa shape index (κ1) is 15.8. The Labute approximate surface area is 145 Å². The van der Waals surface area contributed by atoms with Gasteiger partial charge in [0.2, 0.25) is 0 Å². The SMILES string of the molecule is O=C(c1ccc2nc[nH]c2c1)N1CCCCC(c2ccc(F)cc2)C1. The van der Waals surface area contributed by atoms with Crippen LogP contribution in [0.5, 0.6) is 0 Å². The molecule has 0 radical (unpaired) electrons. The van der Waals surface area contributed by atoms with Crippen LogP contribution in [0.15, 0.2) is 48.8 Å². The second-order valence-corrected chi connectivity index (χ2v) is 6.63. The number of benzene rings is 2. The first-order valence-corrected chi connectivity index (χ1v) is 8.68. The number of halogens is 1. The largest absolute Gasteiger partial charge is 0.345 e. The van der Waals surface area contributed by atoms with Gasteiger partial charge in [-0.25, -0.2) is 9.37 Å². The Kier molecular flexibility index (Phi) is 4.22. The van der Waals surface area contributed by atoms with E-state index in [0.717, 1.165) is 42.4 Å². The van der Waals surface area contributed by atoms with Crippen LogP contribution < -0.4 is 0 Å². The van der Waals surface area contributed by atoms with Gasteiger partial charge in [0.05, 0.1) is 17.4 Å². The Morgan fingerprint density at radius 3 is 2.84 bits per heavy atom. The number of hydrogen-bond acceptors (Lipinski definition) is 2. The number of likely N-dealkylation sites (tertiary alicyclic amines) is 1. The number of rotatable bonds is 2. The van der Waals surface area contributed by atoms with Crippen molar-refractivity contribution in [1.29, 1.82) is 0 Å². The van der Waals surface area contributed by atoms with Gasteiger partial charge in [-0.15, -0.1) is 0 Å². The fourth-order valence-corrected chi connectivity index (χ4v) is 3.58. The lowest BCUT2D eigenvalue weighted by Gasteiger charge is -2.25. The van der Waals surface area contributed by atoms with Crippen LogP contribution in [0.3, 0.4) is 0 Å². The number of amides is 1. The molecule has 1 aliphatic heterocycles. The normalized spacial score (nSPS) is 18.3. The van der Waals surface area contributed by atoms with Crippen LogP contribution in [0.4, 0.5) is 4.39 Å². The number of fused-ring (bicyclic) bond motifs is 1. The first-order valence-electron chi connectivity index (χ1n) is 8.68. The highest BCUT2D eigenvalue weighted by Gasteiger charge is 2.24. The lowest BCUT2D eigenvalue weighted by atomic mass is 9.94. The van der Waals surface area contributed by atoms with Crippen molar-refractivity contribution in [2.45, 2.75) is 25.2 Å². The van der Waals surface area contributed by atoms with E-state index in [2.05, 4.69) is 9.97 Å². The maximum atomic E-state index is 13.2. The first-order chi connectivity index (χ1) is 12.2. The van der Waals surface area contributed by atoms with E-state index in [4.69, 9.17) is 0 Å². The highest BCUT2D eigenvalue weighted by molar-refractivity contribution is 5.97. The van der Waals surface area contributed by atoms with E-state index in [9.17, 15) is 9.18 Å². The van der Waals surface area contributed by atoms with Gasteiger partial charge in [0.25, 0.3) is 5.91 Å². The molecule has 5 heteroatoms. The molecule has 1 fully saturated rings. The summed E-state index contributed by atoms with van der Waals surface area (Å²) in [7, 11) is 0. The van der Waals surface area contributed by atoms with Crippen molar-refractivity contribution < 1.29 is 9.18 Å². The second-order valence-electron chi connectivity index (χ2n) is 6.63. The molecule has 0 bridgehead atoms. The summed E-state index contributed by atoms with van der Waals surface area (Å²) in [6.45, 7) is 1.43. The molecule has 0 saturated carbocycles. The number of nitrogens with zero attached hydrogens (tertiary/aromatic N) is 2. The van der Waals surface area contributed by atoms with Gasteiger partial charge in [0, 0.05) is 24.6 Å². The molecule has 3 aromatic rings. The summed E-state index contributed by atoms with van der Waals surface area (Å²) in [5, 5.41) is 0. The Hall–Kier alpha value is -2.69. The molecule has 1 saturated heterocycles. The summed E-state index contributed by atoms with van der Waals surface area (Å²) in [4.78, 5) is 22.2. The van der Waals surface area contributed by atoms with Crippen molar-refractivity contribution in [2.24, 2.45) is 0 Å². The van der Waals surface area contributed by atoms with Crippen molar-refractivity contribution in [2.75, 3.05) is 13.1 Å². The molecule has 1 aromatic heterocycles. The zero-order chi connectivity index (χ0) is 17.2. The van der Waals surface area contributed by atoms with Gasteiger partial charge >= 0.3 is 0 Å². The molecule has 1 aliphatic rings. The van der Waals surface area contributed by atoms with Gasteiger partial charge in [-0.3, -0.25) is 4.79 Å². The van der Waals surface area contributed by atoms with Crippen molar-refractivity contribution >= 4 is 16.9 Å². The fourth-order valence-electron chi connectivity index (χ4n) is 3.58. The van der Waals surface area contributed by atoms with Gasteiger partial charge in [-0.05, 0) is 48.7 Å². The monoisotopic (exact) mass is 337 g/mol. The van der Waals surface area contributed by atoms with Crippen LogP contribution in [0, 0.1) is 5.82 Å². The maximum absolute atomic E-state index is 13.2. The molecule has 0 aliphatic carbocycles. The van der Waals surface area contributed by atoms with Crippen molar-refractivity contribution in [3.05, 3.63) is 65.7 Å². The van der Waals surface area contributed by atoms with Gasteiger partial charge in [0.1, 0.15) is 5.82 Å². The summed E-state index contributed by atoms with van der Waals surface area (Å²) in [6, 6.07) is 12.2. The average molecular weight is 337 g/mol. The number of carbonyl (C=O) groups is 1. The number of nitrogens with one attached hydrogen (secondary N) is 1. The van der Waals surface area contributed by atoms with Gasteiger partial charge < -0.3 is 9.88 Å². The maximum Gasteiger partial charge on any atom is 0.253 e. The molecule has 128 valence electrons. The van der Waals surface area contributed by atoms with Crippen LogP contribution in [-0.2, 0) is 0 Å². The van der Waals surface area contributed by atoms with Gasteiger partial charge in [-0.2, -0.15) is 0 Å². The van der Waals surface area contributed by atoms with Crippen molar-refractivity contribution in [1.82, 2.24) is 14.9 Å². The third-order valence-electron chi connectivity index (χ3n) is 4.97. The lowest BCUT2D eigenvalue weighted by Crippen LogP contribution is -2.34. The highest BCUT2D eigenvalue weighted by Crippen LogP contribution is 2.27. The van der Waals surface area contributed by atoms with Crippen LogP contribution in [0.25, 0.3) is 11.0 Å². The molecule has 1 amide bonds. The predicted molar refractivity (Wildman–Crippen MR) is 95.0 cm³/mol. The predicted octanol–water partition coefficient (Wildman–Crippen LogP) is 4.11. The molecule has 4 nitrogen and oxygen atoms in total. The van der Waals surface area contributed by atoms with E-state index in [1.54, 1.807) is 6.33 Å². The minimum absolute atomic E-state index is 0.0468. The van der Waals surface area contributed by atoms with E-state index in [1.165, 1.54) is 12.1 Å². The third kappa shape index (κ3) is 3.27. The quantitative estimate of drug-likeness (QED) is 0.765. The average Bonchev–Trinajstić information content (AvgIpc) is 2.97. The summed E-state index contributed by atoms with van der Waals surface area (Å²) >= 11 is 0. The number of carbonyl (C=O) groups excluding carboxylic acids is 1. The molecule has 1 N–H and O–H groups in total. The molecule has 1 atom stereocenters. The lowest BCUT2D eigenvalue weighted by molar-refractivity contribution is 0.0754. The molecule has 1 unspecified atom stereocenters. The van der Waals surface area contributed by atoms with Gasteiger partial charge in [0.15, 0.2) is 0 Å². The van der Waals surface area contributed by atoms with Gasteiger partial charge in [-0.1, -0.05) is 18.6 Å². The number of hydrogen-bond donors (Lipinski definition) is 1. The molecule has 25 heavy (non-hydrogen) atoms. The van der Waals surface area contributed by atoms with Crippen molar-refractivity contribution in [3.63, 3.8) is 0 Å². The third-order valence-corrected chi connectivity index (χ3v) is 4.97. The van der Waals surface area contributed by atoms with E-state index in [1.807, 2.05) is 35.2 Å². The molecule has 4 rings (SSSR count). The van der Waals surface area contributed by atoms with E-state index in [-0.39, 0.29) is 17.6 Å². The van der Waals surface area contributed by atoms with Crippen molar-refractivity contribution in [3.8, 4) is 0 Å². The Morgan fingerprint density at radius 2 is 2.00 bits per heavy atom. The molecular formula is C20H20FN3O. The highest BCUT2D eigenvalue weighted by atomic mass is 19.1. The topological polar surface area (TPSA) is 49.0 Å². The smallest absolute Gasteiger partial charge is 0.253 e. The van der Waals surface area contributed by atoms with Crippen LogP contribution in [-0.4, -0.2) is 33.9 Å². The minimum Gasteiger partial charge on any atom is -0.345 e. The zero-order valence-electron chi connectivity index (χ0n) is 13.9. The number of aromatic nitrogens is 2. The number of H-pyrrole nitrogens is 1. The molecule has 2 heterocycles. The standard InChI is InChI=1S/C20H20FN3O/c21-17-7-4-14(5-8-17)16-3-1-2-10-24(12-16)20(25)15-6-9-18-19(11-15)23-13-22-18/h4-9,11,13,16H,1-3,10,12H2,(H,22,23). The summed E-state index contributed by atoms with van der Waals surface area (Å²) in [6.07, 6.45) is 4.73. The minimum atomic E-state index is -0.224. The number of imidazole rings is 1. The van der Waals surface area contributed by atoms with Crippen LogP contribution >= 0.6 is 0 Å². The van der Waals surface area contributed by atoms with Crippen LogP contribution in [0.2, 0.25) is 0 Å². The summed E-state index contributed by atoms with van der Waals surface area (Å²) < 4.78 is 13.2. The van der Waals surface area contributed by atoms with E-state index < -0.39 is 0 Å². The van der Waals surface area contributed by atoms with E-state index in [0.29, 0.717) is 12.1 Å². The second kappa shape index (κ2) is 6.67. The summed E-state index contributed by atoms with van der Waals surface area (Å²) in [5.74, 6) is 0.0756. The molecular weight excluding hydrogens is 317 g/mol. The Morgan fingerprint density at radius 1 is 1.16 bits per heavy atom. The Balaban J connectivity index is 1.57. The Bertz CT molecular complexity index is 887. The fraction of sp³-hybridized carbons (Fsp3) is 0.300. The van der Waals surface area contributed by atoms with Crippen LogP contribution in [0.1, 0.15) is 41.1 Å². The number of aromatic amines is 1. The summed E-state index contributed by atoms with van der Waals surface area (Å²) in [5.41, 5.74) is 3.51.